The summed E-state index contributed by atoms with van der Waals surface area (Å²) in [4.78, 5) is 16.3. The topological polar surface area (TPSA) is 104 Å². The molecule has 5 aromatic rings. The van der Waals surface area contributed by atoms with Gasteiger partial charge >= 0.3 is 12.5 Å². The Morgan fingerprint density at radius 2 is 1.74 bits per heavy atom. The van der Waals surface area contributed by atoms with Crippen molar-refractivity contribution < 1.29 is 39.5 Å². The van der Waals surface area contributed by atoms with Gasteiger partial charge in [0.1, 0.15) is 17.7 Å². The Bertz CT molecular complexity index is 2340. The number of aryl methyl sites for hydroxylation is 2. The minimum Gasteiger partial charge on any atom is -0.320 e. The molecule has 10 nitrogen and oxygen atoms in total. The van der Waals surface area contributed by atoms with Crippen LogP contribution in [0.3, 0.4) is 0 Å². The first-order valence-electron chi connectivity index (χ1n) is 17.0. The predicted molar refractivity (Wildman–Crippen MR) is 182 cm³/mol. The van der Waals surface area contributed by atoms with Gasteiger partial charge in [0.15, 0.2) is 0 Å². The van der Waals surface area contributed by atoms with Gasteiger partial charge in [-0.25, -0.2) is 12.4 Å². The van der Waals surface area contributed by atoms with Crippen molar-refractivity contribution in [2.75, 3.05) is 13.1 Å². The summed E-state index contributed by atoms with van der Waals surface area (Å²) >= 11 is 0. The predicted octanol–water partition coefficient (Wildman–Crippen LogP) is 6.70. The zero-order valence-electron chi connectivity index (χ0n) is 28.9. The van der Waals surface area contributed by atoms with Crippen LogP contribution in [-0.2, 0) is 39.9 Å². The zero-order chi connectivity index (χ0) is 38.1. The second-order valence-corrected chi connectivity index (χ2v) is 16.0. The molecule has 2 fully saturated rings. The Labute approximate surface area is 300 Å². The molecule has 4 heterocycles. The lowest BCUT2D eigenvalue weighted by Gasteiger charge is -2.46. The molecule has 0 spiro atoms. The van der Waals surface area contributed by atoms with E-state index in [-0.39, 0.29) is 41.6 Å². The van der Waals surface area contributed by atoms with E-state index < -0.39 is 56.1 Å². The first-order chi connectivity index (χ1) is 24.9. The number of hydrogen-bond acceptors (Lipinski definition) is 7. The highest BCUT2D eigenvalue weighted by molar-refractivity contribution is 7.90. The molecular formula is C36H36F6N6O4S. The summed E-state index contributed by atoms with van der Waals surface area (Å²) in [5.74, 6) is 0.575. The molecule has 53 heavy (non-hydrogen) atoms. The lowest BCUT2D eigenvalue weighted by atomic mass is 9.62. The molecule has 0 bridgehead atoms. The number of aromatic nitrogens is 5. The Hall–Kier alpha value is -4.48. The van der Waals surface area contributed by atoms with Crippen molar-refractivity contribution in [2.24, 2.45) is 13.0 Å². The van der Waals surface area contributed by atoms with Crippen LogP contribution in [0.5, 0.6) is 0 Å². The van der Waals surface area contributed by atoms with Crippen LogP contribution in [0.1, 0.15) is 60.8 Å². The van der Waals surface area contributed by atoms with Crippen molar-refractivity contribution in [3.63, 3.8) is 0 Å². The molecule has 2 aliphatic rings. The zero-order valence-corrected chi connectivity index (χ0v) is 29.8. The minimum absolute atomic E-state index is 0.00943. The van der Waals surface area contributed by atoms with E-state index in [1.54, 1.807) is 32.2 Å². The number of hydrogen-bond donors (Lipinski definition) is 0. The van der Waals surface area contributed by atoms with Gasteiger partial charge in [-0.15, -0.1) is 23.4 Å². The van der Waals surface area contributed by atoms with Crippen LogP contribution >= 0.6 is 0 Å². The Morgan fingerprint density at radius 1 is 1.02 bits per heavy atom. The smallest absolute Gasteiger partial charge is 0.320 e. The van der Waals surface area contributed by atoms with Crippen LogP contribution in [0.2, 0.25) is 0 Å². The maximum absolute atomic E-state index is 15.0. The van der Waals surface area contributed by atoms with E-state index in [4.69, 9.17) is 0 Å². The molecule has 17 heteroatoms. The summed E-state index contributed by atoms with van der Waals surface area (Å²) in [6.07, 6.45) is -7.71. The first kappa shape index (κ1) is 36.9. The van der Waals surface area contributed by atoms with Crippen LogP contribution < -0.4 is 5.56 Å². The third-order valence-corrected chi connectivity index (χ3v) is 12.0. The van der Waals surface area contributed by atoms with Crippen molar-refractivity contribution in [1.29, 1.82) is 0 Å². The van der Waals surface area contributed by atoms with Crippen LogP contribution in [0.15, 0.2) is 76.8 Å². The van der Waals surface area contributed by atoms with Crippen molar-refractivity contribution in [1.82, 2.24) is 28.2 Å². The molecule has 0 N–H and O–H groups in total. The summed E-state index contributed by atoms with van der Waals surface area (Å²) in [6.45, 7) is 4.98. The van der Waals surface area contributed by atoms with E-state index in [9.17, 15) is 39.6 Å². The van der Waals surface area contributed by atoms with Gasteiger partial charge in [-0.1, -0.05) is 36.8 Å². The molecule has 1 saturated carbocycles. The second-order valence-electron chi connectivity index (χ2n) is 14.2. The lowest BCUT2D eigenvalue weighted by Crippen LogP contribution is -2.50. The lowest BCUT2D eigenvalue weighted by molar-refractivity contribution is -0.354. The van der Waals surface area contributed by atoms with Crippen LogP contribution in [-0.4, -0.2) is 62.2 Å². The number of piperidine rings is 1. The number of fused-ring (bicyclic) bond motifs is 1. The Morgan fingerprint density at radius 3 is 2.36 bits per heavy atom. The van der Waals surface area contributed by atoms with Crippen molar-refractivity contribution in [2.45, 2.75) is 75.0 Å². The fourth-order valence-electron chi connectivity index (χ4n) is 7.81. The summed E-state index contributed by atoms with van der Waals surface area (Å²) in [5.41, 5.74) is -3.05. The first-order valence-corrected chi connectivity index (χ1v) is 18.4. The molecule has 0 amide bonds. The molecule has 3 aromatic heterocycles. The number of ether oxygens (including phenoxy) is 1. The van der Waals surface area contributed by atoms with Gasteiger partial charge in [0.25, 0.3) is 15.6 Å². The van der Waals surface area contributed by atoms with Crippen LogP contribution in [0, 0.1) is 12.8 Å². The normalized spacial score (nSPS) is 21.6. The van der Waals surface area contributed by atoms with Crippen molar-refractivity contribution in [3.05, 3.63) is 106 Å². The highest BCUT2D eigenvalue weighted by Crippen LogP contribution is 2.51. The van der Waals surface area contributed by atoms with Crippen molar-refractivity contribution in [3.8, 4) is 5.69 Å². The number of benzene rings is 2. The molecule has 7 rings (SSSR count). The maximum Gasteiger partial charge on any atom is 0.522 e. The SMILES string of the molecule is Cc1ccc(S(=O)(=O)n2c(CN3CCC[C@H](C)C3)cc3c(C(F)(F)F)cn(-c4cccc(C5(c6nncn6C)CC(OC(F)(F)F)C5)c4)c(=O)c32)cc1. The number of likely N-dealkylation sites (tertiary alicyclic amines) is 1. The number of rotatable bonds is 8. The summed E-state index contributed by atoms with van der Waals surface area (Å²) in [5, 5.41) is 7.45. The van der Waals surface area contributed by atoms with Gasteiger partial charge in [0.2, 0.25) is 0 Å². The average molecular weight is 763 g/mol. The molecule has 2 aromatic carbocycles. The third kappa shape index (κ3) is 6.78. The number of pyridine rings is 1. The summed E-state index contributed by atoms with van der Waals surface area (Å²) in [6, 6.07) is 12.8. The van der Waals surface area contributed by atoms with E-state index in [0.717, 1.165) is 33.0 Å². The van der Waals surface area contributed by atoms with Gasteiger partial charge in [0.05, 0.1) is 22.0 Å². The molecule has 1 atom stereocenters. The summed E-state index contributed by atoms with van der Waals surface area (Å²) < 4.78 is 121. The number of alkyl halides is 6. The Kier molecular flexibility index (Phi) is 9.13. The molecule has 0 unspecified atom stereocenters. The van der Waals surface area contributed by atoms with Gasteiger partial charge in [-0.3, -0.25) is 19.0 Å². The van der Waals surface area contributed by atoms with E-state index in [0.29, 0.717) is 30.7 Å². The van der Waals surface area contributed by atoms with E-state index >= 15 is 0 Å². The van der Waals surface area contributed by atoms with Gasteiger partial charge in [-0.05, 0) is 81.0 Å². The monoisotopic (exact) mass is 762 g/mol. The fraction of sp³-hybridized carbons (Fsp3) is 0.417. The molecule has 282 valence electrons. The van der Waals surface area contributed by atoms with Crippen molar-refractivity contribution >= 4 is 20.9 Å². The second kappa shape index (κ2) is 13.1. The van der Waals surface area contributed by atoms with Gasteiger partial charge in [0, 0.05) is 43.1 Å². The third-order valence-electron chi connectivity index (χ3n) is 10.3. The standard InChI is InChI=1S/C36H36F6N6O4S/c1-22-9-11-28(12-10-22)53(50,51)48-26(19-46-13-5-6-23(2)18-46)15-29-30(35(37,38)39)20-47(32(49)31(29)48)25-8-4-7-24(14-25)34(33-44-43-21-45(33)3)16-27(17-34)52-36(40,41)42/h4,7-12,14-15,20-21,23,27H,5-6,13,16-19H2,1-3H3/t23-,27?,34?/m0/s1. The maximum atomic E-state index is 15.0. The molecule has 1 aliphatic carbocycles. The largest absolute Gasteiger partial charge is 0.522 e. The van der Waals surface area contributed by atoms with Crippen LogP contribution in [0.25, 0.3) is 16.6 Å². The van der Waals surface area contributed by atoms with E-state index in [2.05, 4.69) is 14.9 Å². The molecule has 1 aliphatic heterocycles. The highest BCUT2D eigenvalue weighted by atomic mass is 32.2. The number of halogens is 6. The van der Waals surface area contributed by atoms with Gasteiger partial charge < -0.3 is 4.57 Å². The van der Waals surface area contributed by atoms with Gasteiger partial charge in [-0.2, -0.15) is 13.2 Å². The van der Waals surface area contributed by atoms with Crippen LogP contribution in [0.4, 0.5) is 26.3 Å². The fourth-order valence-corrected chi connectivity index (χ4v) is 9.34. The number of nitrogens with zero attached hydrogens (tertiary/aromatic N) is 6. The van der Waals surface area contributed by atoms with E-state index in [1.807, 2.05) is 11.8 Å². The average Bonchev–Trinajstić information content (AvgIpc) is 3.66. The molecule has 1 saturated heterocycles. The highest BCUT2D eigenvalue weighted by Gasteiger charge is 2.53. The molecular weight excluding hydrogens is 726 g/mol. The summed E-state index contributed by atoms with van der Waals surface area (Å²) in [7, 11) is -3.01. The quantitative estimate of drug-likeness (QED) is 0.162. The van der Waals surface area contributed by atoms with E-state index in [1.165, 1.54) is 41.2 Å². The minimum atomic E-state index is -5.02. The molecule has 0 radical (unpaired) electrons. The Balaban J connectivity index is 1.44.